The monoisotopic (exact) mass is 231 g/mol. The second-order valence-corrected chi connectivity index (χ2v) is 4.90. The predicted molar refractivity (Wildman–Crippen MR) is 66.0 cm³/mol. The van der Waals surface area contributed by atoms with E-state index in [0.717, 1.165) is 31.7 Å². The van der Waals surface area contributed by atoms with Crippen molar-refractivity contribution in [2.24, 2.45) is 5.92 Å². The minimum Gasteiger partial charge on any atom is -0.381 e. The largest absolute Gasteiger partial charge is 0.381 e. The number of hydrogen-bond acceptors (Lipinski definition) is 2. The van der Waals surface area contributed by atoms with Crippen LogP contribution in [0, 0.1) is 5.92 Å². The van der Waals surface area contributed by atoms with E-state index in [1.165, 1.54) is 5.56 Å². The molecule has 0 aromatic heterocycles. The van der Waals surface area contributed by atoms with Crippen LogP contribution in [0.4, 0.5) is 5.69 Å². The van der Waals surface area contributed by atoms with Gasteiger partial charge in [0.25, 0.3) is 0 Å². The lowest BCUT2D eigenvalue weighted by molar-refractivity contribution is -0.117. The molecule has 3 rings (SSSR count). The standard InChI is InChI=1S/C14H17NO2/c16-14-9-12(10-5-7-17-8-6-10)11-3-1-2-4-13(11)15-14/h1-4,10,12H,5-9H2,(H,15,16)/t12-/m1/s1. The molecule has 1 N–H and O–H groups in total. The molecule has 1 fully saturated rings. The van der Waals surface area contributed by atoms with Gasteiger partial charge in [-0.05, 0) is 36.3 Å². The third kappa shape index (κ3) is 2.07. The van der Waals surface area contributed by atoms with E-state index in [2.05, 4.69) is 17.4 Å². The minimum atomic E-state index is 0.153. The highest BCUT2D eigenvalue weighted by atomic mass is 16.5. The molecule has 1 atom stereocenters. The van der Waals surface area contributed by atoms with Crippen molar-refractivity contribution in [2.45, 2.75) is 25.2 Å². The highest BCUT2D eigenvalue weighted by molar-refractivity contribution is 5.94. The summed E-state index contributed by atoms with van der Waals surface area (Å²) < 4.78 is 5.40. The molecule has 0 bridgehead atoms. The second-order valence-electron chi connectivity index (χ2n) is 4.90. The Balaban J connectivity index is 1.91. The number of carbonyl (C=O) groups excluding carboxylic acids is 1. The molecule has 0 aliphatic carbocycles. The van der Waals surface area contributed by atoms with Crippen LogP contribution in [0.3, 0.4) is 0 Å². The molecule has 17 heavy (non-hydrogen) atoms. The van der Waals surface area contributed by atoms with E-state index in [1.54, 1.807) is 0 Å². The van der Waals surface area contributed by atoms with E-state index in [-0.39, 0.29) is 5.91 Å². The lowest BCUT2D eigenvalue weighted by atomic mass is 9.77. The number of para-hydroxylation sites is 1. The van der Waals surface area contributed by atoms with E-state index in [0.29, 0.717) is 18.3 Å². The maximum atomic E-state index is 11.7. The molecule has 2 heterocycles. The second kappa shape index (κ2) is 4.49. The molecule has 1 amide bonds. The van der Waals surface area contributed by atoms with Gasteiger partial charge in [-0.2, -0.15) is 0 Å². The summed E-state index contributed by atoms with van der Waals surface area (Å²) >= 11 is 0. The van der Waals surface area contributed by atoms with Gasteiger partial charge in [0.1, 0.15) is 0 Å². The Bertz CT molecular complexity index is 424. The van der Waals surface area contributed by atoms with Gasteiger partial charge in [-0.15, -0.1) is 0 Å². The van der Waals surface area contributed by atoms with E-state index in [9.17, 15) is 4.79 Å². The molecule has 3 heteroatoms. The number of rotatable bonds is 1. The molecule has 1 saturated heterocycles. The van der Waals surface area contributed by atoms with E-state index >= 15 is 0 Å². The number of nitrogens with one attached hydrogen (secondary N) is 1. The topological polar surface area (TPSA) is 38.3 Å². The van der Waals surface area contributed by atoms with Gasteiger partial charge in [0, 0.05) is 25.3 Å². The molecular weight excluding hydrogens is 214 g/mol. The molecule has 1 aromatic carbocycles. The Kier molecular flexibility index (Phi) is 2.85. The summed E-state index contributed by atoms with van der Waals surface area (Å²) in [5, 5.41) is 2.96. The number of anilines is 1. The third-order valence-electron chi connectivity index (χ3n) is 3.87. The van der Waals surface area contributed by atoms with Gasteiger partial charge >= 0.3 is 0 Å². The van der Waals surface area contributed by atoms with E-state index in [1.807, 2.05) is 12.1 Å². The van der Waals surface area contributed by atoms with Crippen LogP contribution in [0.25, 0.3) is 0 Å². The maximum Gasteiger partial charge on any atom is 0.225 e. The van der Waals surface area contributed by atoms with Gasteiger partial charge in [-0.3, -0.25) is 4.79 Å². The molecule has 0 spiro atoms. The van der Waals surface area contributed by atoms with Gasteiger partial charge in [0.2, 0.25) is 5.91 Å². The Hall–Kier alpha value is -1.35. The molecule has 3 nitrogen and oxygen atoms in total. The average molecular weight is 231 g/mol. The average Bonchev–Trinajstić information content (AvgIpc) is 2.39. The van der Waals surface area contributed by atoms with Crippen LogP contribution in [-0.2, 0) is 9.53 Å². The van der Waals surface area contributed by atoms with Crippen LogP contribution in [-0.4, -0.2) is 19.1 Å². The number of carbonyl (C=O) groups is 1. The van der Waals surface area contributed by atoms with Gasteiger partial charge < -0.3 is 10.1 Å². The van der Waals surface area contributed by atoms with Crippen molar-refractivity contribution in [3.05, 3.63) is 29.8 Å². The third-order valence-corrected chi connectivity index (χ3v) is 3.87. The first-order valence-corrected chi connectivity index (χ1v) is 6.31. The quantitative estimate of drug-likeness (QED) is 0.806. The Morgan fingerprint density at radius 1 is 1.18 bits per heavy atom. The van der Waals surface area contributed by atoms with E-state index in [4.69, 9.17) is 4.74 Å². The fraction of sp³-hybridized carbons (Fsp3) is 0.500. The number of amides is 1. The summed E-state index contributed by atoms with van der Waals surface area (Å²) in [6.07, 6.45) is 2.78. The van der Waals surface area contributed by atoms with Crippen molar-refractivity contribution >= 4 is 11.6 Å². The number of benzene rings is 1. The fourth-order valence-corrected chi connectivity index (χ4v) is 2.98. The maximum absolute atomic E-state index is 11.7. The van der Waals surface area contributed by atoms with Gasteiger partial charge in [-0.1, -0.05) is 18.2 Å². The molecule has 2 aliphatic rings. The van der Waals surface area contributed by atoms with Crippen molar-refractivity contribution in [3.8, 4) is 0 Å². The van der Waals surface area contributed by atoms with Crippen LogP contribution < -0.4 is 5.32 Å². The van der Waals surface area contributed by atoms with Crippen LogP contribution >= 0.6 is 0 Å². The molecule has 2 aliphatic heterocycles. The number of hydrogen-bond donors (Lipinski definition) is 1. The van der Waals surface area contributed by atoms with Gasteiger partial charge in [0.15, 0.2) is 0 Å². The number of fused-ring (bicyclic) bond motifs is 1. The van der Waals surface area contributed by atoms with E-state index < -0.39 is 0 Å². The summed E-state index contributed by atoms with van der Waals surface area (Å²) in [4.78, 5) is 11.7. The van der Waals surface area contributed by atoms with Crippen LogP contribution in [0.15, 0.2) is 24.3 Å². The Morgan fingerprint density at radius 2 is 1.94 bits per heavy atom. The molecule has 0 radical (unpaired) electrons. The van der Waals surface area contributed by atoms with Crippen molar-refractivity contribution in [1.29, 1.82) is 0 Å². The molecule has 1 aromatic rings. The fourth-order valence-electron chi connectivity index (χ4n) is 2.98. The van der Waals surface area contributed by atoms with Crippen molar-refractivity contribution < 1.29 is 9.53 Å². The highest BCUT2D eigenvalue weighted by Gasteiger charge is 2.32. The zero-order valence-corrected chi connectivity index (χ0v) is 9.82. The van der Waals surface area contributed by atoms with Crippen molar-refractivity contribution in [3.63, 3.8) is 0 Å². The van der Waals surface area contributed by atoms with Crippen LogP contribution in [0.1, 0.15) is 30.7 Å². The van der Waals surface area contributed by atoms with Gasteiger partial charge in [0.05, 0.1) is 0 Å². The molecule has 90 valence electrons. The van der Waals surface area contributed by atoms with Crippen LogP contribution in [0.2, 0.25) is 0 Å². The smallest absolute Gasteiger partial charge is 0.225 e. The summed E-state index contributed by atoms with van der Waals surface area (Å²) in [7, 11) is 0. The lowest BCUT2D eigenvalue weighted by Crippen LogP contribution is -2.30. The normalized spacial score (nSPS) is 25.2. The molecule has 0 unspecified atom stereocenters. The first-order chi connectivity index (χ1) is 8.34. The Morgan fingerprint density at radius 3 is 2.76 bits per heavy atom. The summed E-state index contributed by atoms with van der Waals surface area (Å²) in [5.41, 5.74) is 2.30. The zero-order valence-electron chi connectivity index (χ0n) is 9.82. The minimum absolute atomic E-state index is 0.153. The first kappa shape index (κ1) is 10.8. The van der Waals surface area contributed by atoms with Crippen molar-refractivity contribution in [2.75, 3.05) is 18.5 Å². The summed E-state index contributed by atoms with van der Waals surface area (Å²) in [5.74, 6) is 1.12. The Labute approximate surface area is 101 Å². The summed E-state index contributed by atoms with van der Waals surface area (Å²) in [6.45, 7) is 1.68. The van der Waals surface area contributed by atoms with Crippen LogP contribution in [0.5, 0.6) is 0 Å². The van der Waals surface area contributed by atoms with Gasteiger partial charge in [-0.25, -0.2) is 0 Å². The molecular formula is C14H17NO2. The molecule has 0 saturated carbocycles. The lowest BCUT2D eigenvalue weighted by Gasteiger charge is -2.34. The number of ether oxygens (including phenoxy) is 1. The SMILES string of the molecule is O=C1C[C@H](C2CCOCC2)c2ccccc2N1. The highest BCUT2D eigenvalue weighted by Crippen LogP contribution is 2.40. The predicted octanol–water partition coefficient (Wildman–Crippen LogP) is 2.54. The zero-order chi connectivity index (χ0) is 11.7. The van der Waals surface area contributed by atoms with Crippen molar-refractivity contribution in [1.82, 2.24) is 0 Å². The first-order valence-electron chi connectivity index (χ1n) is 6.31. The summed E-state index contributed by atoms with van der Waals surface area (Å²) in [6, 6.07) is 8.18.